The van der Waals surface area contributed by atoms with E-state index in [9.17, 15) is 0 Å². The Labute approximate surface area is 77.1 Å². The number of fused-ring (bicyclic) bond motifs is 1. The number of aliphatic hydroxyl groups excluding tert-OH is 1. The average Bonchev–Trinajstić information content (AvgIpc) is 2.47. The molecular formula is C10H13NO2. The van der Waals surface area contributed by atoms with Crippen molar-refractivity contribution in [3.8, 4) is 5.75 Å². The molecule has 0 amide bonds. The van der Waals surface area contributed by atoms with E-state index in [2.05, 4.69) is 6.07 Å². The van der Waals surface area contributed by atoms with Crippen molar-refractivity contribution in [3.63, 3.8) is 0 Å². The Hall–Kier alpha value is -1.22. The van der Waals surface area contributed by atoms with Gasteiger partial charge in [-0.2, -0.15) is 0 Å². The average molecular weight is 179 g/mol. The van der Waals surface area contributed by atoms with Crippen LogP contribution in [-0.4, -0.2) is 17.8 Å². The van der Waals surface area contributed by atoms with Crippen molar-refractivity contribution in [2.45, 2.75) is 19.4 Å². The molecule has 70 valence electrons. The maximum atomic E-state index is 8.93. The van der Waals surface area contributed by atoms with Crippen LogP contribution in [0.25, 0.3) is 0 Å². The molecule has 1 aromatic rings. The van der Waals surface area contributed by atoms with Gasteiger partial charge >= 0.3 is 0 Å². The third-order valence-electron chi connectivity index (χ3n) is 2.27. The lowest BCUT2D eigenvalue weighted by Gasteiger charge is -2.07. The lowest BCUT2D eigenvalue weighted by atomic mass is 10.1. The highest BCUT2D eigenvalue weighted by molar-refractivity contribution is 5.60. The van der Waals surface area contributed by atoms with Gasteiger partial charge in [-0.3, -0.25) is 0 Å². The molecule has 13 heavy (non-hydrogen) atoms. The minimum atomic E-state index is -0.112. The maximum Gasteiger partial charge on any atom is 0.146 e. The smallest absolute Gasteiger partial charge is 0.146 e. The lowest BCUT2D eigenvalue weighted by Crippen LogP contribution is -2.17. The molecule has 1 aliphatic rings. The Bertz CT molecular complexity index is 336. The standard InChI is InChI=1S/C10H13NO2/c1-6-2-7-4-8(5-12)13-10(7)9(11)3-6/h2-3,8,12H,4-5,11H2,1H3. The minimum Gasteiger partial charge on any atom is -0.485 e. The van der Waals surface area contributed by atoms with E-state index in [0.29, 0.717) is 5.69 Å². The summed E-state index contributed by atoms with van der Waals surface area (Å²) in [6, 6.07) is 3.94. The van der Waals surface area contributed by atoms with E-state index in [1.54, 1.807) is 0 Å². The SMILES string of the molecule is Cc1cc(N)c2c(c1)CC(CO)O2. The van der Waals surface area contributed by atoms with Gasteiger partial charge in [0.2, 0.25) is 0 Å². The van der Waals surface area contributed by atoms with Crippen LogP contribution < -0.4 is 10.5 Å². The van der Waals surface area contributed by atoms with Gasteiger partial charge in [0, 0.05) is 12.0 Å². The lowest BCUT2D eigenvalue weighted by molar-refractivity contribution is 0.135. The summed E-state index contributed by atoms with van der Waals surface area (Å²) in [6.07, 6.45) is 0.650. The molecule has 0 fully saturated rings. The van der Waals surface area contributed by atoms with Gasteiger partial charge in [-0.05, 0) is 18.6 Å². The first-order chi connectivity index (χ1) is 6.20. The molecule has 0 spiro atoms. The number of aryl methyl sites for hydroxylation is 1. The van der Waals surface area contributed by atoms with Crippen LogP contribution >= 0.6 is 0 Å². The maximum absolute atomic E-state index is 8.93. The zero-order chi connectivity index (χ0) is 9.42. The van der Waals surface area contributed by atoms with Crippen LogP contribution in [0.3, 0.4) is 0 Å². The molecule has 3 nitrogen and oxygen atoms in total. The first kappa shape index (κ1) is 8.38. The highest BCUT2D eigenvalue weighted by Crippen LogP contribution is 2.35. The van der Waals surface area contributed by atoms with Gasteiger partial charge in [0.1, 0.15) is 11.9 Å². The van der Waals surface area contributed by atoms with E-state index in [4.69, 9.17) is 15.6 Å². The Morgan fingerprint density at radius 3 is 3.08 bits per heavy atom. The largest absolute Gasteiger partial charge is 0.485 e. The van der Waals surface area contributed by atoms with Gasteiger partial charge in [-0.15, -0.1) is 0 Å². The Balaban J connectivity index is 2.40. The van der Waals surface area contributed by atoms with Crippen molar-refractivity contribution < 1.29 is 9.84 Å². The van der Waals surface area contributed by atoms with Crippen LogP contribution in [0.15, 0.2) is 12.1 Å². The Morgan fingerprint density at radius 1 is 1.62 bits per heavy atom. The molecular weight excluding hydrogens is 166 g/mol. The molecule has 2 rings (SSSR count). The highest BCUT2D eigenvalue weighted by atomic mass is 16.5. The predicted octanol–water partition coefficient (Wildman–Crippen LogP) is 0.873. The van der Waals surface area contributed by atoms with Crippen molar-refractivity contribution in [1.82, 2.24) is 0 Å². The molecule has 0 aromatic heterocycles. The summed E-state index contributed by atoms with van der Waals surface area (Å²) >= 11 is 0. The number of hydrogen-bond acceptors (Lipinski definition) is 3. The summed E-state index contributed by atoms with van der Waals surface area (Å²) in [5.74, 6) is 0.754. The van der Waals surface area contributed by atoms with Crippen molar-refractivity contribution in [2.75, 3.05) is 12.3 Å². The number of nitrogen functional groups attached to an aromatic ring is 1. The molecule has 0 aliphatic carbocycles. The number of nitrogens with two attached hydrogens (primary N) is 1. The summed E-state index contributed by atoms with van der Waals surface area (Å²) in [6.45, 7) is 2.05. The van der Waals surface area contributed by atoms with E-state index in [0.717, 1.165) is 23.3 Å². The van der Waals surface area contributed by atoms with E-state index in [1.165, 1.54) is 0 Å². The summed E-state index contributed by atoms with van der Waals surface area (Å²) < 4.78 is 5.47. The molecule has 0 bridgehead atoms. The zero-order valence-corrected chi connectivity index (χ0v) is 7.58. The van der Waals surface area contributed by atoms with Gasteiger partial charge in [0.15, 0.2) is 0 Å². The third kappa shape index (κ3) is 1.35. The Morgan fingerprint density at radius 2 is 2.38 bits per heavy atom. The molecule has 0 radical (unpaired) electrons. The molecule has 3 N–H and O–H groups in total. The van der Waals surface area contributed by atoms with Crippen molar-refractivity contribution in [1.29, 1.82) is 0 Å². The number of aliphatic hydroxyl groups is 1. The number of anilines is 1. The van der Waals surface area contributed by atoms with Crippen LogP contribution in [0.2, 0.25) is 0 Å². The molecule has 1 unspecified atom stereocenters. The molecule has 1 atom stereocenters. The Kier molecular flexibility index (Phi) is 1.88. The number of hydrogen-bond donors (Lipinski definition) is 2. The van der Waals surface area contributed by atoms with Crippen molar-refractivity contribution >= 4 is 5.69 Å². The van der Waals surface area contributed by atoms with Crippen LogP contribution in [-0.2, 0) is 6.42 Å². The molecule has 0 saturated heterocycles. The van der Waals surface area contributed by atoms with E-state index < -0.39 is 0 Å². The number of benzene rings is 1. The minimum absolute atomic E-state index is 0.0488. The van der Waals surface area contributed by atoms with Gasteiger partial charge in [0.05, 0.1) is 12.3 Å². The zero-order valence-electron chi connectivity index (χ0n) is 7.58. The van der Waals surface area contributed by atoms with Gasteiger partial charge < -0.3 is 15.6 Å². The predicted molar refractivity (Wildman–Crippen MR) is 50.8 cm³/mol. The van der Waals surface area contributed by atoms with E-state index in [-0.39, 0.29) is 12.7 Å². The highest BCUT2D eigenvalue weighted by Gasteiger charge is 2.24. The van der Waals surface area contributed by atoms with Crippen LogP contribution in [0.5, 0.6) is 5.75 Å². The normalized spacial score (nSPS) is 19.7. The van der Waals surface area contributed by atoms with Gasteiger partial charge in [0.25, 0.3) is 0 Å². The first-order valence-corrected chi connectivity index (χ1v) is 4.37. The van der Waals surface area contributed by atoms with Crippen LogP contribution in [0.4, 0.5) is 5.69 Å². The number of ether oxygens (including phenoxy) is 1. The fourth-order valence-electron chi connectivity index (χ4n) is 1.73. The summed E-state index contributed by atoms with van der Waals surface area (Å²) in [4.78, 5) is 0. The molecule has 1 aromatic carbocycles. The van der Waals surface area contributed by atoms with Crippen molar-refractivity contribution in [2.24, 2.45) is 0 Å². The molecule has 0 saturated carbocycles. The van der Waals surface area contributed by atoms with Crippen LogP contribution in [0, 0.1) is 6.92 Å². The van der Waals surface area contributed by atoms with Crippen LogP contribution in [0.1, 0.15) is 11.1 Å². The van der Waals surface area contributed by atoms with E-state index >= 15 is 0 Å². The molecule has 3 heteroatoms. The quantitative estimate of drug-likeness (QED) is 0.629. The molecule has 1 heterocycles. The summed E-state index contributed by atoms with van der Waals surface area (Å²) in [5, 5.41) is 8.93. The second-order valence-corrected chi connectivity index (χ2v) is 3.47. The second-order valence-electron chi connectivity index (χ2n) is 3.47. The third-order valence-corrected chi connectivity index (χ3v) is 2.27. The summed E-state index contributed by atoms with van der Waals surface area (Å²) in [5.41, 5.74) is 8.70. The monoisotopic (exact) mass is 179 g/mol. The topological polar surface area (TPSA) is 55.5 Å². The fourth-order valence-corrected chi connectivity index (χ4v) is 1.73. The summed E-state index contributed by atoms with van der Waals surface area (Å²) in [7, 11) is 0. The number of rotatable bonds is 1. The first-order valence-electron chi connectivity index (χ1n) is 4.37. The van der Waals surface area contributed by atoms with E-state index in [1.807, 2.05) is 13.0 Å². The van der Waals surface area contributed by atoms with Gasteiger partial charge in [-0.25, -0.2) is 0 Å². The fraction of sp³-hybridized carbons (Fsp3) is 0.400. The molecule has 1 aliphatic heterocycles. The van der Waals surface area contributed by atoms with Crippen molar-refractivity contribution in [3.05, 3.63) is 23.3 Å². The second kappa shape index (κ2) is 2.92. The van der Waals surface area contributed by atoms with Gasteiger partial charge in [-0.1, -0.05) is 6.07 Å².